The number of hydrogen-bond acceptors (Lipinski definition) is 7. The highest BCUT2D eigenvalue weighted by Gasteiger charge is 2.33. The lowest BCUT2D eigenvalue weighted by molar-refractivity contribution is -0.141. The zero-order valence-electron chi connectivity index (χ0n) is 26.0. The van der Waals surface area contributed by atoms with Crippen molar-refractivity contribution in [2.45, 2.75) is 69.8 Å². The van der Waals surface area contributed by atoms with Crippen LogP contribution in [0.3, 0.4) is 0 Å². The molecule has 0 spiro atoms. The summed E-state index contributed by atoms with van der Waals surface area (Å²) in [4.78, 5) is 42.4. The third kappa shape index (κ3) is 7.20. The van der Waals surface area contributed by atoms with E-state index in [0.717, 1.165) is 67.3 Å². The SMILES string of the molecule is CC(C)(O)c1cc2nn(C3CCN(Cc4ccc(C5CCC(=O)NC5=O)cc4)CC3)cc2cc1NC(=O)c1ccc(C(F)(F)F)nc1. The summed E-state index contributed by atoms with van der Waals surface area (Å²) in [6.07, 6.45) is 0.777. The fourth-order valence-electron chi connectivity index (χ4n) is 6.24. The Labute approximate surface area is 269 Å². The molecule has 1 atom stereocenters. The summed E-state index contributed by atoms with van der Waals surface area (Å²) in [5.74, 6) is -1.42. The zero-order valence-corrected chi connectivity index (χ0v) is 26.0. The summed E-state index contributed by atoms with van der Waals surface area (Å²) in [6, 6.07) is 13.4. The van der Waals surface area contributed by atoms with Crippen molar-refractivity contribution in [2.24, 2.45) is 0 Å². The Balaban J connectivity index is 1.11. The van der Waals surface area contributed by atoms with Crippen LogP contribution in [-0.4, -0.2) is 55.6 Å². The number of nitrogens with zero attached hydrogens (tertiary/aromatic N) is 4. The molecule has 246 valence electrons. The lowest BCUT2D eigenvalue weighted by Crippen LogP contribution is -2.39. The quantitative estimate of drug-likeness (QED) is 0.233. The number of aromatic nitrogens is 3. The van der Waals surface area contributed by atoms with Gasteiger partial charge in [-0.1, -0.05) is 24.3 Å². The number of nitrogens with one attached hydrogen (secondary N) is 2. The molecule has 2 aliphatic rings. The fraction of sp³-hybridized carbons (Fsp3) is 0.382. The number of carbonyl (C=O) groups excluding carboxylic acids is 3. The minimum Gasteiger partial charge on any atom is -0.386 e. The normalized spacial score (nSPS) is 18.4. The second kappa shape index (κ2) is 12.5. The van der Waals surface area contributed by atoms with E-state index in [2.05, 4.69) is 20.5 Å². The lowest BCUT2D eigenvalue weighted by Gasteiger charge is -2.32. The second-order valence-electron chi connectivity index (χ2n) is 12.8. The monoisotopic (exact) mass is 648 g/mol. The fourth-order valence-corrected chi connectivity index (χ4v) is 6.24. The number of hydrogen-bond donors (Lipinski definition) is 3. The molecule has 3 amide bonds. The summed E-state index contributed by atoms with van der Waals surface area (Å²) >= 11 is 0. The topological polar surface area (TPSA) is 129 Å². The van der Waals surface area contributed by atoms with Crippen LogP contribution in [-0.2, 0) is 27.9 Å². The predicted molar refractivity (Wildman–Crippen MR) is 167 cm³/mol. The number of benzene rings is 2. The number of likely N-dealkylation sites (tertiary alicyclic amines) is 1. The number of piperidine rings is 2. The Hall–Kier alpha value is -4.62. The van der Waals surface area contributed by atoms with Crippen LogP contribution < -0.4 is 10.6 Å². The highest BCUT2D eigenvalue weighted by molar-refractivity contribution is 6.05. The van der Waals surface area contributed by atoms with Crippen molar-refractivity contribution < 1.29 is 32.7 Å². The maximum Gasteiger partial charge on any atom is 0.433 e. The molecular weight excluding hydrogens is 613 g/mol. The van der Waals surface area contributed by atoms with Gasteiger partial charge in [0.15, 0.2) is 0 Å². The molecular formula is C34H35F3N6O4. The number of alkyl halides is 3. The minimum absolute atomic E-state index is 0.0486. The van der Waals surface area contributed by atoms with E-state index in [1.807, 2.05) is 35.1 Å². The van der Waals surface area contributed by atoms with Gasteiger partial charge in [0, 0.05) is 55.1 Å². The van der Waals surface area contributed by atoms with Crippen LogP contribution in [0.4, 0.5) is 18.9 Å². The Kier molecular flexibility index (Phi) is 8.62. The van der Waals surface area contributed by atoms with Crippen LogP contribution in [0.5, 0.6) is 0 Å². The first-order valence-corrected chi connectivity index (χ1v) is 15.5. The molecule has 3 N–H and O–H groups in total. The molecule has 4 heterocycles. The minimum atomic E-state index is -4.61. The van der Waals surface area contributed by atoms with Gasteiger partial charge < -0.3 is 10.4 Å². The molecule has 2 fully saturated rings. The number of pyridine rings is 1. The summed E-state index contributed by atoms with van der Waals surface area (Å²) < 4.78 is 40.7. The van der Waals surface area contributed by atoms with E-state index in [-0.39, 0.29) is 29.3 Å². The van der Waals surface area contributed by atoms with Crippen LogP contribution in [0.15, 0.2) is 60.9 Å². The van der Waals surface area contributed by atoms with Gasteiger partial charge in [-0.2, -0.15) is 18.3 Å². The second-order valence-corrected chi connectivity index (χ2v) is 12.8. The molecule has 0 aliphatic carbocycles. The first-order chi connectivity index (χ1) is 22.2. The third-order valence-electron chi connectivity index (χ3n) is 8.84. The van der Waals surface area contributed by atoms with Crippen molar-refractivity contribution in [3.63, 3.8) is 0 Å². The van der Waals surface area contributed by atoms with Crippen molar-refractivity contribution in [3.05, 3.63) is 88.9 Å². The van der Waals surface area contributed by atoms with E-state index in [1.54, 1.807) is 26.0 Å². The van der Waals surface area contributed by atoms with Crippen LogP contribution in [0.25, 0.3) is 10.9 Å². The molecule has 2 aliphatic heterocycles. The van der Waals surface area contributed by atoms with E-state index < -0.39 is 23.4 Å². The van der Waals surface area contributed by atoms with Gasteiger partial charge in [-0.15, -0.1) is 0 Å². The Morgan fingerprint density at radius 3 is 2.38 bits per heavy atom. The number of imide groups is 1. The van der Waals surface area contributed by atoms with Crippen molar-refractivity contribution in [1.29, 1.82) is 0 Å². The summed E-state index contributed by atoms with van der Waals surface area (Å²) in [5.41, 5.74) is 0.967. The maximum absolute atomic E-state index is 13.0. The number of fused-ring (bicyclic) bond motifs is 1. The number of amides is 3. The average Bonchev–Trinajstić information content (AvgIpc) is 3.44. The molecule has 0 saturated carbocycles. The zero-order chi connectivity index (χ0) is 33.5. The molecule has 2 saturated heterocycles. The molecule has 47 heavy (non-hydrogen) atoms. The van der Waals surface area contributed by atoms with E-state index in [9.17, 15) is 32.7 Å². The largest absolute Gasteiger partial charge is 0.433 e. The average molecular weight is 649 g/mol. The maximum atomic E-state index is 13.0. The lowest BCUT2D eigenvalue weighted by atomic mass is 9.90. The molecule has 2 aromatic carbocycles. The standard InChI is InChI=1S/C34H35F3N6O4/c1-33(2,47)26-16-27-23(15-28(26)39-31(45)22-7-9-29(38-17-22)34(35,36)37)19-43(41-27)24-11-13-42(14-12-24)18-20-3-5-21(6-4-20)25-8-10-30(44)40-32(25)46/h3-7,9,15-17,19,24-25,47H,8,10-14,18H2,1-2H3,(H,39,45)(H,40,44,46). The number of rotatable bonds is 7. The van der Waals surface area contributed by atoms with Crippen molar-refractivity contribution in [1.82, 2.24) is 25.0 Å². The van der Waals surface area contributed by atoms with E-state index in [1.165, 1.54) is 0 Å². The third-order valence-corrected chi connectivity index (χ3v) is 8.84. The molecule has 0 bridgehead atoms. The van der Waals surface area contributed by atoms with E-state index in [0.29, 0.717) is 29.6 Å². The Morgan fingerprint density at radius 1 is 1.04 bits per heavy atom. The van der Waals surface area contributed by atoms with Gasteiger partial charge in [0.1, 0.15) is 5.69 Å². The van der Waals surface area contributed by atoms with Crippen LogP contribution >= 0.6 is 0 Å². The van der Waals surface area contributed by atoms with Gasteiger partial charge in [-0.25, -0.2) is 0 Å². The number of carbonyl (C=O) groups is 3. The van der Waals surface area contributed by atoms with Gasteiger partial charge in [0.2, 0.25) is 11.8 Å². The Bertz CT molecular complexity index is 1810. The summed E-state index contributed by atoms with van der Waals surface area (Å²) in [5, 5.41) is 21.6. The molecule has 10 nitrogen and oxygen atoms in total. The van der Waals surface area contributed by atoms with Crippen LogP contribution in [0.1, 0.15) is 84.2 Å². The molecule has 2 aromatic heterocycles. The van der Waals surface area contributed by atoms with Crippen LogP contribution in [0, 0.1) is 0 Å². The highest BCUT2D eigenvalue weighted by Crippen LogP contribution is 2.34. The first-order valence-electron chi connectivity index (χ1n) is 15.5. The number of halogens is 3. The summed E-state index contributed by atoms with van der Waals surface area (Å²) in [7, 11) is 0. The van der Waals surface area contributed by atoms with Gasteiger partial charge >= 0.3 is 6.18 Å². The first kappa shape index (κ1) is 32.3. The molecule has 4 aromatic rings. The van der Waals surface area contributed by atoms with Gasteiger partial charge in [-0.3, -0.25) is 34.3 Å². The highest BCUT2D eigenvalue weighted by atomic mass is 19.4. The molecule has 13 heteroatoms. The molecule has 1 unspecified atom stereocenters. The van der Waals surface area contributed by atoms with E-state index >= 15 is 0 Å². The van der Waals surface area contributed by atoms with Gasteiger partial charge in [-0.05, 0) is 68.5 Å². The Morgan fingerprint density at radius 2 is 1.77 bits per heavy atom. The predicted octanol–water partition coefficient (Wildman–Crippen LogP) is 5.29. The van der Waals surface area contributed by atoms with Crippen molar-refractivity contribution in [3.8, 4) is 0 Å². The van der Waals surface area contributed by atoms with Gasteiger partial charge in [0.25, 0.3) is 5.91 Å². The molecule has 0 radical (unpaired) electrons. The van der Waals surface area contributed by atoms with Crippen molar-refractivity contribution >= 4 is 34.3 Å². The van der Waals surface area contributed by atoms with Crippen molar-refractivity contribution in [2.75, 3.05) is 18.4 Å². The van der Waals surface area contributed by atoms with Gasteiger partial charge in [0.05, 0.1) is 28.6 Å². The summed E-state index contributed by atoms with van der Waals surface area (Å²) in [6.45, 7) is 5.65. The van der Waals surface area contributed by atoms with Crippen LogP contribution in [0.2, 0.25) is 0 Å². The number of aliphatic hydroxyl groups is 1. The smallest absolute Gasteiger partial charge is 0.386 e. The molecule has 6 rings (SSSR count). The number of anilines is 1. The van der Waals surface area contributed by atoms with E-state index in [4.69, 9.17) is 5.10 Å².